The Kier molecular flexibility index (Phi) is 5.36. The number of amides is 1. The molecule has 0 spiro atoms. The molecule has 3 aromatic carbocycles. The molecule has 2 heterocycles. The van der Waals surface area contributed by atoms with Crippen molar-refractivity contribution in [3.63, 3.8) is 0 Å². The van der Waals surface area contributed by atoms with Gasteiger partial charge in [0.05, 0.1) is 18.0 Å². The summed E-state index contributed by atoms with van der Waals surface area (Å²) in [6.45, 7) is 4.34. The van der Waals surface area contributed by atoms with Gasteiger partial charge < -0.3 is 4.74 Å². The summed E-state index contributed by atoms with van der Waals surface area (Å²) in [6, 6.07) is 22.7. The number of rotatable bonds is 5. The predicted octanol–water partition coefficient (Wildman–Crippen LogP) is 5.13. The SMILES string of the molecule is CCOc1ccc(-c2nnn([C@@H](C)C(=O)N3c4ccccc4Sc4ccccc43)n2)cc1. The minimum atomic E-state index is -0.636. The first kappa shape index (κ1) is 20.3. The summed E-state index contributed by atoms with van der Waals surface area (Å²) >= 11 is 1.66. The molecule has 5 rings (SSSR count). The highest BCUT2D eigenvalue weighted by atomic mass is 32.2. The highest BCUT2D eigenvalue weighted by Crippen LogP contribution is 2.48. The van der Waals surface area contributed by atoms with Crippen molar-refractivity contribution in [2.75, 3.05) is 11.5 Å². The zero-order chi connectivity index (χ0) is 22.1. The van der Waals surface area contributed by atoms with Gasteiger partial charge in [0.1, 0.15) is 11.8 Å². The Morgan fingerprint density at radius 3 is 2.22 bits per heavy atom. The van der Waals surface area contributed by atoms with E-state index in [0.29, 0.717) is 12.4 Å². The number of carbonyl (C=O) groups excluding carboxylic acids is 1. The van der Waals surface area contributed by atoms with Crippen LogP contribution in [0.4, 0.5) is 11.4 Å². The molecule has 0 unspecified atom stereocenters. The van der Waals surface area contributed by atoms with Gasteiger partial charge in [-0.25, -0.2) is 0 Å². The summed E-state index contributed by atoms with van der Waals surface area (Å²) in [4.78, 5) is 18.9. The van der Waals surface area contributed by atoms with Crippen molar-refractivity contribution in [1.82, 2.24) is 20.2 Å². The zero-order valence-corrected chi connectivity index (χ0v) is 18.5. The zero-order valence-electron chi connectivity index (χ0n) is 17.7. The molecule has 160 valence electrons. The molecule has 0 fully saturated rings. The largest absolute Gasteiger partial charge is 0.494 e. The maximum absolute atomic E-state index is 13.7. The lowest BCUT2D eigenvalue weighted by atomic mass is 10.2. The molecule has 0 saturated carbocycles. The number of aromatic nitrogens is 4. The van der Waals surface area contributed by atoms with Crippen LogP contribution in [0.15, 0.2) is 82.6 Å². The lowest BCUT2D eigenvalue weighted by molar-refractivity contribution is -0.121. The van der Waals surface area contributed by atoms with Crippen molar-refractivity contribution < 1.29 is 9.53 Å². The molecule has 1 aromatic heterocycles. The van der Waals surface area contributed by atoms with Crippen molar-refractivity contribution in [2.24, 2.45) is 0 Å². The van der Waals surface area contributed by atoms with E-state index in [1.165, 1.54) is 4.80 Å². The number of benzene rings is 3. The molecular weight excluding hydrogens is 422 g/mol. The summed E-state index contributed by atoms with van der Waals surface area (Å²) in [5.41, 5.74) is 2.53. The normalized spacial score (nSPS) is 13.2. The van der Waals surface area contributed by atoms with Crippen LogP contribution < -0.4 is 9.64 Å². The molecule has 0 saturated heterocycles. The Morgan fingerprint density at radius 2 is 1.59 bits per heavy atom. The first-order chi connectivity index (χ1) is 15.7. The molecule has 7 nitrogen and oxygen atoms in total. The van der Waals surface area contributed by atoms with Crippen LogP contribution in [0.5, 0.6) is 5.75 Å². The second-order valence-corrected chi connectivity index (χ2v) is 8.36. The van der Waals surface area contributed by atoms with Gasteiger partial charge in [-0.1, -0.05) is 36.0 Å². The fourth-order valence-electron chi connectivity index (χ4n) is 3.60. The minimum Gasteiger partial charge on any atom is -0.494 e. The number of hydrogen-bond acceptors (Lipinski definition) is 6. The topological polar surface area (TPSA) is 73.1 Å². The third-order valence-corrected chi connectivity index (χ3v) is 6.34. The van der Waals surface area contributed by atoms with Crippen LogP contribution in [0.3, 0.4) is 0 Å². The van der Waals surface area contributed by atoms with E-state index in [1.54, 1.807) is 23.6 Å². The average molecular weight is 444 g/mol. The predicted molar refractivity (Wildman–Crippen MR) is 123 cm³/mol. The summed E-state index contributed by atoms with van der Waals surface area (Å²) in [7, 11) is 0. The third-order valence-electron chi connectivity index (χ3n) is 5.21. The van der Waals surface area contributed by atoms with Gasteiger partial charge in [-0.3, -0.25) is 9.69 Å². The molecule has 0 aliphatic carbocycles. The van der Waals surface area contributed by atoms with Gasteiger partial charge in [-0.05, 0) is 67.6 Å². The van der Waals surface area contributed by atoms with Crippen molar-refractivity contribution in [1.29, 1.82) is 0 Å². The fraction of sp³-hybridized carbons (Fsp3) is 0.167. The molecule has 1 atom stereocenters. The lowest BCUT2D eigenvalue weighted by Gasteiger charge is -2.32. The second kappa shape index (κ2) is 8.47. The van der Waals surface area contributed by atoms with Crippen molar-refractivity contribution in [3.05, 3.63) is 72.8 Å². The Hall–Kier alpha value is -3.65. The average Bonchev–Trinajstić information content (AvgIpc) is 3.32. The van der Waals surface area contributed by atoms with Gasteiger partial charge >= 0.3 is 0 Å². The number of tetrazole rings is 1. The van der Waals surface area contributed by atoms with Crippen molar-refractivity contribution >= 4 is 29.0 Å². The van der Waals surface area contributed by atoms with Crippen molar-refractivity contribution in [3.8, 4) is 17.1 Å². The van der Waals surface area contributed by atoms with E-state index in [1.807, 2.05) is 79.7 Å². The smallest absolute Gasteiger partial charge is 0.258 e. The van der Waals surface area contributed by atoms with Crippen LogP contribution in [0, 0.1) is 0 Å². The van der Waals surface area contributed by atoms with Gasteiger partial charge in [0, 0.05) is 15.4 Å². The van der Waals surface area contributed by atoms with E-state index in [4.69, 9.17) is 4.74 Å². The van der Waals surface area contributed by atoms with Crippen LogP contribution in [-0.2, 0) is 4.79 Å². The lowest BCUT2D eigenvalue weighted by Crippen LogP contribution is -2.35. The fourth-order valence-corrected chi connectivity index (χ4v) is 4.66. The van der Waals surface area contributed by atoms with Gasteiger partial charge in [0.2, 0.25) is 5.82 Å². The number of nitrogens with zero attached hydrogens (tertiary/aromatic N) is 5. The van der Waals surface area contributed by atoms with Gasteiger partial charge in [0.25, 0.3) is 5.91 Å². The van der Waals surface area contributed by atoms with E-state index in [0.717, 1.165) is 32.5 Å². The summed E-state index contributed by atoms with van der Waals surface area (Å²) in [6.07, 6.45) is 0. The maximum Gasteiger partial charge on any atom is 0.258 e. The van der Waals surface area contributed by atoms with E-state index >= 15 is 0 Å². The Labute approximate surface area is 190 Å². The first-order valence-electron chi connectivity index (χ1n) is 10.4. The van der Waals surface area contributed by atoms with E-state index < -0.39 is 6.04 Å². The molecule has 0 bridgehead atoms. The number of para-hydroxylation sites is 2. The molecule has 1 amide bonds. The molecule has 0 N–H and O–H groups in total. The number of anilines is 2. The van der Waals surface area contributed by atoms with E-state index in [2.05, 4.69) is 15.4 Å². The van der Waals surface area contributed by atoms with Crippen molar-refractivity contribution in [2.45, 2.75) is 29.7 Å². The Balaban J connectivity index is 1.45. The number of hydrogen-bond donors (Lipinski definition) is 0. The number of ether oxygens (including phenoxy) is 1. The summed E-state index contributed by atoms with van der Waals surface area (Å²) < 4.78 is 5.48. The van der Waals surface area contributed by atoms with Crippen LogP contribution in [-0.4, -0.2) is 32.7 Å². The summed E-state index contributed by atoms with van der Waals surface area (Å²) in [5, 5.41) is 12.8. The molecule has 0 radical (unpaired) electrons. The Bertz CT molecular complexity index is 1230. The van der Waals surface area contributed by atoms with E-state index in [9.17, 15) is 4.79 Å². The molecule has 1 aliphatic heterocycles. The first-order valence-corrected chi connectivity index (χ1v) is 11.2. The van der Waals surface area contributed by atoms with Gasteiger partial charge in [-0.15, -0.1) is 10.2 Å². The number of carbonyl (C=O) groups is 1. The van der Waals surface area contributed by atoms with Gasteiger partial charge in [-0.2, -0.15) is 4.80 Å². The standard InChI is InChI=1S/C24H21N5O2S/c1-3-31-18-14-12-17(13-15-18)23-25-27-29(26-23)16(2)24(30)28-19-8-4-6-10-21(19)32-22-11-7-5-9-20(22)28/h4-16H,3H2,1-2H3/t16-/m0/s1. The van der Waals surface area contributed by atoms with E-state index in [-0.39, 0.29) is 5.91 Å². The third kappa shape index (κ3) is 3.62. The number of fused-ring (bicyclic) bond motifs is 2. The molecule has 32 heavy (non-hydrogen) atoms. The van der Waals surface area contributed by atoms with Gasteiger partial charge in [0.15, 0.2) is 0 Å². The molecular formula is C24H21N5O2S. The highest BCUT2D eigenvalue weighted by Gasteiger charge is 2.32. The highest BCUT2D eigenvalue weighted by molar-refractivity contribution is 7.99. The summed E-state index contributed by atoms with van der Waals surface area (Å²) in [5.74, 6) is 1.12. The minimum absolute atomic E-state index is 0.124. The van der Waals surface area contributed by atoms with Crippen LogP contribution >= 0.6 is 11.8 Å². The van der Waals surface area contributed by atoms with Crippen LogP contribution in [0.2, 0.25) is 0 Å². The molecule has 1 aliphatic rings. The molecule has 4 aromatic rings. The van der Waals surface area contributed by atoms with Crippen LogP contribution in [0.1, 0.15) is 19.9 Å². The maximum atomic E-state index is 13.7. The monoisotopic (exact) mass is 443 g/mol. The molecule has 8 heteroatoms. The van der Waals surface area contributed by atoms with Crippen LogP contribution in [0.25, 0.3) is 11.4 Å². The second-order valence-electron chi connectivity index (χ2n) is 7.28. The quantitative estimate of drug-likeness (QED) is 0.426. The Morgan fingerprint density at radius 1 is 0.969 bits per heavy atom.